The summed E-state index contributed by atoms with van der Waals surface area (Å²) in [6.45, 7) is 0.893. The van der Waals surface area contributed by atoms with Gasteiger partial charge in [-0.15, -0.1) is 0 Å². The Hall–Kier alpha value is -0.610. The molecule has 92 valence electrons. The number of ether oxygens (including phenoxy) is 1. The van der Waals surface area contributed by atoms with Gasteiger partial charge in [0.2, 0.25) is 5.91 Å². The standard InChI is InChI=1S/C12H21NO3/c1-16-7-8(14)5-6-13-12(15)11-9-3-2-4-10(9)11/h8-11,14H,2-7H2,1H3,(H,13,15). The molecule has 0 aromatic heterocycles. The number of methoxy groups -OCH3 is 1. The summed E-state index contributed by atoms with van der Waals surface area (Å²) in [5.41, 5.74) is 0. The van der Waals surface area contributed by atoms with Crippen LogP contribution in [0, 0.1) is 17.8 Å². The van der Waals surface area contributed by atoms with Crippen LogP contribution in [-0.2, 0) is 9.53 Å². The van der Waals surface area contributed by atoms with Crippen molar-refractivity contribution in [2.75, 3.05) is 20.3 Å². The molecule has 0 radical (unpaired) electrons. The average Bonchev–Trinajstić information content (AvgIpc) is 2.73. The first-order valence-corrected chi connectivity index (χ1v) is 6.18. The van der Waals surface area contributed by atoms with Gasteiger partial charge in [-0.05, 0) is 31.1 Å². The van der Waals surface area contributed by atoms with E-state index in [-0.39, 0.29) is 11.8 Å². The molecule has 2 N–H and O–H groups in total. The van der Waals surface area contributed by atoms with E-state index in [2.05, 4.69) is 5.32 Å². The summed E-state index contributed by atoms with van der Waals surface area (Å²) in [6, 6.07) is 0. The Balaban J connectivity index is 1.58. The van der Waals surface area contributed by atoms with Gasteiger partial charge in [-0.25, -0.2) is 0 Å². The molecule has 0 saturated heterocycles. The largest absolute Gasteiger partial charge is 0.391 e. The summed E-state index contributed by atoms with van der Waals surface area (Å²) in [6.07, 6.45) is 3.86. The number of aliphatic hydroxyl groups excluding tert-OH is 1. The Labute approximate surface area is 96.4 Å². The number of nitrogens with one attached hydrogen (secondary N) is 1. The molecule has 3 atom stereocenters. The molecule has 0 spiro atoms. The van der Waals surface area contributed by atoms with Crippen molar-refractivity contribution in [2.24, 2.45) is 17.8 Å². The van der Waals surface area contributed by atoms with Gasteiger partial charge < -0.3 is 15.2 Å². The summed E-state index contributed by atoms with van der Waals surface area (Å²) in [4.78, 5) is 11.7. The number of carbonyl (C=O) groups excluding carboxylic acids is 1. The predicted octanol–water partition coefficient (Wildman–Crippen LogP) is 0.546. The highest BCUT2D eigenvalue weighted by Crippen LogP contribution is 2.57. The first-order valence-electron chi connectivity index (χ1n) is 6.18. The van der Waals surface area contributed by atoms with Gasteiger partial charge in [0.05, 0.1) is 12.7 Å². The lowest BCUT2D eigenvalue weighted by atomic mass is 10.1. The molecule has 0 aromatic rings. The molecular weight excluding hydrogens is 206 g/mol. The number of fused-ring (bicyclic) bond motifs is 1. The van der Waals surface area contributed by atoms with Crippen LogP contribution < -0.4 is 5.32 Å². The van der Waals surface area contributed by atoms with Crippen LogP contribution in [0.5, 0.6) is 0 Å². The molecule has 0 heterocycles. The molecule has 0 bridgehead atoms. The van der Waals surface area contributed by atoms with Crippen LogP contribution in [0.2, 0.25) is 0 Å². The highest BCUT2D eigenvalue weighted by molar-refractivity contribution is 5.82. The zero-order valence-corrected chi connectivity index (χ0v) is 9.82. The molecule has 2 rings (SSSR count). The third-order valence-electron chi connectivity index (χ3n) is 3.85. The summed E-state index contributed by atoms with van der Waals surface area (Å²) >= 11 is 0. The van der Waals surface area contributed by atoms with Crippen LogP contribution in [0.15, 0.2) is 0 Å². The van der Waals surface area contributed by atoms with Gasteiger partial charge >= 0.3 is 0 Å². The number of amides is 1. The maximum atomic E-state index is 11.7. The van der Waals surface area contributed by atoms with E-state index in [4.69, 9.17) is 4.74 Å². The highest BCUT2D eigenvalue weighted by atomic mass is 16.5. The molecule has 0 aliphatic heterocycles. The van der Waals surface area contributed by atoms with Gasteiger partial charge in [-0.2, -0.15) is 0 Å². The normalized spacial score (nSPS) is 33.2. The minimum absolute atomic E-state index is 0.194. The van der Waals surface area contributed by atoms with Gasteiger partial charge in [-0.1, -0.05) is 6.42 Å². The Bertz CT molecular complexity index is 247. The fourth-order valence-electron chi connectivity index (χ4n) is 2.97. The van der Waals surface area contributed by atoms with E-state index in [9.17, 15) is 9.90 Å². The second-order valence-corrected chi connectivity index (χ2v) is 4.97. The molecular formula is C12H21NO3. The first-order chi connectivity index (χ1) is 7.74. The molecule has 2 saturated carbocycles. The van der Waals surface area contributed by atoms with Crippen molar-refractivity contribution in [1.29, 1.82) is 0 Å². The number of rotatable bonds is 6. The quantitative estimate of drug-likeness (QED) is 0.696. The van der Waals surface area contributed by atoms with Gasteiger partial charge in [0.1, 0.15) is 0 Å². The summed E-state index contributed by atoms with van der Waals surface area (Å²) < 4.78 is 4.82. The highest BCUT2D eigenvalue weighted by Gasteiger charge is 2.56. The monoisotopic (exact) mass is 227 g/mol. The Morgan fingerprint density at radius 2 is 2.19 bits per heavy atom. The molecule has 16 heavy (non-hydrogen) atoms. The van der Waals surface area contributed by atoms with Gasteiger partial charge in [0.15, 0.2) is 0 Å². The maximum Gasteiger partial charge on any atom is 0.223 e. The fraction of sp³-hybridized carbons (Fsp3) is 0.917. The molecule has 2 fully saturated rings. The van der Waals surface area contributed by atoms with E-state index in [0.717, 1.165) is 0 Å². The lowest BCUT2D eigenvalue weighted by Gasteiger charge is -2.10. The second kappa shape index (κ2) is 5.15. The van der Waals surface area contributed by atoms with E-state index >= 15 is 0 Å². The van der Waals surface area contributed by atoms with E-state index < -0.39 is 6.10 Å². The smallest absolute Gasteiger partial charge is 0.223 e. The third kappa shape index (κ3) is 2.55. The first kappa shape index (κ1) is 11.9. The van der Waals surface area contributed by atoms with Crippen LogP contribution in [0.1, 0.15) is 25.7 Å². The van der Waals surface area contributed by atoms with Crippen LogP contribution in [0.3, 0.4) is 0 Å². The van der Waals surface area contributed by atoms with E-state index in [1.807, 2.05) is 0 Å². The molecule has 0 aromatic carbocycles. The topological polar surface area (TPSA) is 58.6 Å². The van der Waals surface area contributed by atoms with Gasteiger partial charge in [0, 0.05) is 19.6 Å². The van der Waals surface area contributed by atoms with Crippen LogP contribution in [-0.4, -0.2) is 37.4 Å². The van der Waals surface area contributed by atoms with Crippen LogP contribution in [0.25, 0.3) is 0 Å². The van der Waals surface area contributed by atoms with E-state index in [1.54, 1.807) is 7.11 Å². The molecule has 4 heteroatoms. The molecule has 2 aliphatic rings. The van der Waals surface area contributed by atoms with Crippen molar-refractivity contribution in [2.45, 2.75) is 31.8 Å². The summed E-state index contributed by atoms with van der Waals surface area (Å²) in [7, 11) is 1.56. The van der Waals surface area contributed by atoms with Crippen molar-refractivity contribution in [3.63, 3.8) is 0 Å². The second-order valence-electron chi connectivity index (χ2n) is 4.97. The lowest BCUT2D eigenvalue weighted by molar-refractivity contribution is -0.123. The Kier molecular flexibility index (Phi) is 3.82. The van der Waals surface area contributed by atoms with Crippen molar-refractivity contribution < 1.29 is 14.6 Å². The van der Waals surface area contributed by atoms with Crippen molar-refractivity contribution in [3.8, 4) is 0 Å². The third-order valence-corrected chi connectivity index (χ3v) is 3.85. The van der Waals surface area contributed by atoms with Crippen LogP contribution >= 0.6 is 0 Å². The predicted molar refractivity (Wildman–Crippen MR) is 59.8 cm³/mol. The number of hydrogen-bond donors (Lipinski definition) is 2. The van der Waals surface area contributed by atoms with E-state index in [1.165, 1.54) is 19.3 Å². The van der Waals surface area contributed by atoms with Crippen molar-refractivity contribution in [1.82, 2.24) is 5.32 Å². The zero-order chi connectivity index (χ0) is 11.5. The Morgan fingerprint density at radius 3 is 2.81 bits per heavy atom. The van der Waals surface area contributed by atoms with Crippen molar-refractivity contribution >= 4 is 5.91 Å². The van der Waals surface area contributed by atoms with Gasteiger partial charge in [-0.3, -0.25) is 4.79 Å². The van der Waals surface area contributed by atoms with Crippen molar-refractivity contribution in [3.05, 3.63) is 0 Å². The van der Waals surface area contributed by atoms with Gasteiger partial charge in [0.25, 0.3) is 0 Å². The lowest BCUT2D eigenvalue weighted by Crippen LogP contribution is -2.30. The minimum Gasteiger partial charge on any atom is -0.391 e. The number of hydrogen-bond acceptors (Lipinski definition) is 3. The van der Waals surface area contributed by atoms with E-state index in [0.29, 0.717) is 31.4 Å². The Morgan fingerprint density at radius 1 is 1.50 bits per heavy atom. The number of aliphatic hydroxyl groups is 1. The van der Waals surface area contributed by atoms with Crippen LogP contribution in [0.4, 0.5) is 0 Å². The molecule has 2 aliphatic carbocycles. The summed E-state index contributed by atoms with van der Waals surface area (Å²) in [5, 5.41) is 12.3. The maximum absolute atomic E-state index is 11.7. The molecule has 1 amide bonds. The molecule has 4 nitrogen and oxygen atoms in total. The summed E-state index contributed by atoms with van der Waals surface area (Å²) in [5.74, 6) is 1.82. The minimum atomic E-state index is -0.469. The zero-order valence-electron chi connectivity index (χ0n) is 9.82. The average molecular weight is 227 g/mol. The number of carbonyl (C=O) groups is 1. The fourth-order valence-corrected chi connectivity index (χ4v) is 2.97. The molecule has 3 unspecified atom stereocenters. The SMILES string of the molecule is COCC(O)CCNC(=O)C1C2CCCC21.